The first-order chi connectivity index (χ1) is 10.2. The highest BCUT2D eigenvalue weighted by Crippen LogP contribution is 2.35. The molecule has 0 unspecified atom stereocenters. The number of hydrogen-bond acceptors (Lipinski definition) is 3. The highest BCUT2D eigenvalue weighted by atomic mass is 16.5. The lowest BCUT2D eigenvalue weighted by molar-refractivity contribution is 0.0488. The number of rotatable bonds is 4. The van der Waals surface area contributed by atoms with Gasteiger partial charge in [-0.3, -0.25) is 0 Å². The van der Waals surface area contributed by atoms with Gasteiger partial charge in [0.05, 0.1) is 11.0 Å². The normalized spacial score (nSPS) is 18.2. The zero-order valence-corrected chi connectivity index (χ0v) is 13.1. The van der Waals surface area contributed by atoms with Crippen molar-refractivity contribution < 1.29 is 4.74 Å². The first kappa shape index (κ1) is 14.5. The molecule has 0 aliphatic carbocycles. The second-order valence-electron chi connectivity index (χ2n) is 6.18. The molecule has 4 heteroatoms. The number of nitrogens with two attached hydrogens (primary N) is 1. The van der Waals surface area contributed by atoms with Gasteiger partial charge in [0.25, 0.3) is 0 Å². The van der Waals surface area contributed by atoms with Crippen LogP contribution in [0.25, 0.3) is 11.0 Å². The zero-order valence-electron chi connectivity index (χ0n) is 13.1. The van der Waals surface area contributed by atoms with E-state index in [1.54, 1.807) is 0 Å². The third-order valence-corrected chi connectivity index (χ3v) is 4.67. The van der Waals surface area contributed by atoms with Gasteiger partial charge in [0.15, 0.2) is 0 Å². The number of nitrogens with zero attached hydrogens (tertiary/aromatic N) is 2. The fraction of sp³-hybridized carbons (Fsp3) is 0.588. The average Bonchev–Trinajstić information content (AvgIpc) is 2.87. The minimum Gasteiger partial charge on any atom is -0.381 e. The number of aryl methyl sites for hydroxylation is 2. The van der Waals surface area contributed by atoms with Crippen molar-refractivity contribution in [3.63, 3.8) is 0 Å². The summed E-state index contributed by atoms with van der Waals surface area (Å²) in [6.07, 6.45) is 3.04. The van der Waals surface area contributed by atoms with Crippen LogP contribution < -0.4 is 5.73 Å². The van der Waals surface area contributed by atoms with Crippen molar-refractivity contribution in [1.82, 2.24) is 9.55 Å². The first-order valence-corrected chi connectivity index (χ1v) is 7.95. The maximum Gasteiger partial charge on any atom is 0.117 e. The third kappa shape index (κ3) is 2.47. The van der Waals surface area contributed by atoms with Crippen molar-refractivity contribution in [3.8, 4) is 0 Å². The number of hydrogen-bond donors (Lipinski definition) is 1. The van der Waals surface area contributed by atoms with Crippen LogP contribution in [0.2, 0.25) is 0 Å². The van der Waals surface area contributed by atoms with E-state index in [9.17, 15) is 0 Å². The molecular weight excluding hydrogens is 262 g/mol. The molecule has 0 atom stereocenters. The molecule has 1 aliphatic rings. The molecule has 1 aromatic heterocycles. The van der Waals surface area contributed by atoms with Crippen LogP contribution in [0.3, 0.4) is 0 Å². The van der Waals surface area contributed by atoms with Gasteiger partial charge in [0, 0.05) is 31.7 Å². The quantitative estimate of drug-likeness (QED) is 0.940. The molecule has 0 bridgehead atoms. The molecule has 0 radical (unpaired) electrons. The first-order valence-electron chi connectivity index (χ1n) is 7.95. The van der Waals surface area contributed by atoms with Gasteiger partial charge >= 0.3 is 0 Å². The number of benzene rings is 1. The minimum absolute atomic E-state index is 0.0274. The van der Waals surface area contributed by atoms with Crippen molar-refractivity contribution >= 4 is 11.0 Å². The van der Waals surface area contributed by atoms with E-state index < -0.39 is 0 Å². The van der Waals surface area contributed by atoms with Gasteiger partial charge in [-0.25, -0.2) is 4.98 Å². The van der Waals surface area contributed by atoms with Gasteiger partial charge in [-0.15, -0.1) is 0 Å². The van der Waals surface area contributed by atoms with Gasteiger partial charge in [-0.05, 0) is 43.9 Å². The Morgan fingerprint density at radius 3 is 2.76 bits per heavy atom. The second kappa shape index (κ2) is 5.78. The van der Waals surface area contributed by atoms with Crippen LogP contribution in [0.4, 0.5) is 0 Å². The molecule has 0 amide bonds. The molecule has 4 nitrogen and oxygen atoms in total. The van der Waals surface area contributed by atoms with E-state index in [2.05, 4.69) is 36.6 Å². The smallest absolute Gasteiger partial charge is 0.117 e. The van der Waals surface area contributed by atoms with Gasteiger partial charge in [0.1, 0.15) is 5.82 Å². The Morgan fingerprint density at radius 1 is 1.33 bits per heavy atom. The van der Waals surface area contributed by atoms with E-state index in [-0.39, 0.29) is 5.41 Å². The van der Waals surface area contributed by atoms with E-state index in [1.807, 2.05) is 0 Å². The van der Waals surface area contributed by atoms with E-state index >= 15 is 0 Å². The summed E-state index contributed by atoms with van der Waals surface area (Å²) in [6.45, 7) is 7.53. The standard InChI is InChI=1S/C17H25N3O/c1-3-8-20-15-5-4-13(2)11-14(15)19-16(20)17(12-18)6-9-21-10-7-17/h4-5,11H,3,6-10,12,18H2,1-2H3. The zero-order chi connectivity index (χ0) is 14.9. The number of aromatic nitrogens is 2. The van der Waals surface area contributed by atoms with Gasteiger partial charge in [0.2, 0.25) is 0 Å². The summed E-state index contributed by atoms with van der Waals surface area (Å²) in [4.78, 5) is 4.99. The Hall–Kier alpha value is -1.39. The van der Waals surface area contributed by atoms with Crippen molar-refractivity contribution in [2.24, 2.45) is 5.73 Å². The van der Waals surface area contributed by atoms with Crippen molar-refractivity contribution in [3.05, 3.63) is 29.6 Å². The van der Waals surface area contributed by atoms with E-state index in [4.69, 9.17) is 15.5 Å². The molecule has 114 valence electrons. The van der Waals surface area contributed by atoms with Gasteiger partial charge in [-0.2, -0.15) is 0 Å². The van der Waals surface area contributed by atoms with Crippen LogP contribution in [-0.4, -0.2) is 29.3 Å². The molecule has 2 heterocycles. The maximum absolute atomic E-state index is 6.18. The predicted octanol–water partition coefficient (Wildman–Crippen LogP) is 2.76. The lowest BCUT2D eigenvalue weighted by Crippen LogP contribution is -2.42. The fourth-order valence-electron chi connectivity index (χ4n) is 3.38. The van der Waals surface area contributed by atoms with Crippen LogP contribution in [0.15, 0.2) is 18.2 Å². The Morgan fingerprint density at radius 2 is 2.10 bits per heavy atom. The summed E-state index contributed by atoms with van der Waals surface area (Å²) < 4.78 is 7.93. The van der Waals surface area contributed by atoms with E-state index in [0.717, 1.165) is 50.4 Å². The molecule has 0 saturated carbocycles. The van der Waals surface area contributed by atoms with Gasteiger partial charge in [-0.1, -0.05) is 13.0 Å². The number of fused-ring (bicyclic) bond motifs is 1. The molecule has 2 N–H and O–H groups in total. The molecule has 3 rings (SSSR count). The summed E-state index contributed by atoms with van der Waals surface area (Å²) in [5, 5.41) is 0. The van der Waals surface area contributed by atoms with Crippen molar-refractivity contribution in [2.45, 2.75) is 45.1 Å². The Labute approximate surface area is 126 Å². The van der Waals surface area contributed by atoms with E-state index in [1.165, 1.54) is 11.1 Å². The Bertz CT molecular complexity index is 626. The van der Waals surface area contributed by atoms with Crippen molar-refractivity contribution in [2.75, 3.05) is 19.8 Å². The summed E-state index contributed by atoms with van der Waals surface area (Å²) in [5.41, 5.74) is 9.73. The molecule has 1 saturated heterocycles. The molecule has 21 heavy (non-hydrogen) atoms. The van der Waals surface area contributed by atoms with Crippen LogP contribution in [-0.2, 0) is 16.7 Å². The van der Waals surface area contributed by atoms with E-state index in [0.29, 0.717) is 6.54 Å². The summed E-state index contributed by atoms with van der Waals surface area (Å²) in [7, 11) is 0. The number of imidazole rings is 1. The monoisotopic (exact) mass is 287 g/mol. The summed E-state index contributed by atoms with van der Waals surface area (Å²) in [5.74, 6) is 1.16. The minimum atomic E-state index is -0.0274. The van der Waals surface area contributed by atoms with Crippen LogP contribution in [0.1, 0.15) is 37.6 Å². The van der Waals surface area contributed by atoms with Gasteiger partial charge < -0.3 is 15.0 Å². The largest absolute Gasteiger partial charge is 0.381 e. The molecule has 1 aromatic carbocycles. The SMILES string of the molecule is CCCn1c(C2(CN)CCOCC2)nc2cc(C)ccc21. The van der Waals surface area contributed by atoms with Crippen LogP contribution in [0, 0.1) is 6.92 Å². The lowest BCUT2D eigenvalue weighted by atomic mass is 9.79. The highest BCUT2D eigenvalue weighted by molar-refractivity contribution is 5.77. The summed E-state index contributed by atoms with van der Waals surface area (Å²) >= 11 is 0. The van der Waals surface area contributed by atoms with Crippen LogP contribution >= 0.6 is 0 Å². The van der Waals surface area contributed by atoms with Crippen molar-refractivity contribution in [1.29, 1.82) is 0 Å². The Kier molecular flexibility index (Phi) is 4.00. The topological polar surface area (TPSA) is 53.1 Å². The van der Waals surface area contributed by atoms with Crippen LogP contribution in [0.5, 0.6) is 0 Å². The average molecular weight is 287 g/mol. The maximum atomic E-state index is 6.18. The molecule has 1 fully saturated rings. The lowest BCUT2D eigenvalue weighted by Gasteiger charge is -2.35. The fourth-order valence-corrected chi connectivity index (χ4v) is 3.38. The molecule has 1 aliphatic heterocycles. The number of ether oxygens (including phenoxy) is 1. The summed E-state index contributed by atoms with van der Waals surface area (Å²) in [6, 6.07) is 6.54. The Balaban J connectivity index is 2.17. The highest BCUT2D eigenvalue weighted by Gasteiger charge is 2.37. The second-order valence-corrected chi connectivity index (χ2v) is 6.18. The molecule has 0 spiro atoms. The predicted molar refractivity (Wildman–Crippen MR) is 85.5 cm³/mol. The molecular formula is C17H25N3O. The molecule has 2 aromatic rings. The third-order valence-electron chi connectivity index (χ3n) is 4.67.